The summed E-state index contributed by atoms with van der Waals surface area (Å²) in [6, 6.07) is 8.69. The number of hydrogen-bond acceptors (Lipinski definition) is 4. The predicted octanol–water partition coefficient (Wildman–Crippen LogP) is 2.95. The number of nitrogens with zero attached hydrogens (tertiary/aromatic N) is 2. The average Bonchev–Trinajstić information content (AvgIpc) is 3.08. The van der Waals surface area contributed by atoms with E-state index in [1.54, 1.807) is 12.1 Å². The Morgan fingerprint density at radius 1 is 1.21 bits per heavy atom. The molecule has 1 N–H and O–H groups in total. The van der Waals surface area contributed by atoms with Crippen LogP contribution in [0, 0.1) is 5.82 Å². The van der Waals surface area contributed by atoms with E-state index in [9.17, 15) is 14.3 Å². The average molecular weight is 327 g/mol. The van der Waals surface area contributed by atoms with Crippen molar-refractivity contribution in [3.8, 4) is 5.75 Å². The van der Waals surface area contributed by atoms with Crippen LogP contribution in [0.2, 0.25) is 0 Å². The molecule has 5 nitrogen and oxygen atoms in total. The first-order valence-corrected chi connectivity index (χ1v) is 7.67. The summed E-state index contributed by atoms with van der Waals surface area (Å²) in [4.78, 5) is 17.1. The third kappa shape index (κ3) is 3.37. The third-order valence-corrected chi connectivity index (χ3v) is 3.97. The van der Waals surface area contributed by atoms with Crippen molar-refractivity contribution in [2.45, 2.75) is 12.8 Å². The molecule has 6 heteroatoms. The van der Waals surface area contributed by atoms with E-state index in [1.165, 1.54) is 24.4 Å². The molecule has 24 heavy (non-hydrogen) atoms. The largest absolute Gasteiger partial charge is 0.872 e. The molecule has 1 aliphatic heterocycles. The van der Waals surface area contributed by atoms with E-state index in [0.717, 1.165) is 32.0 Å². The Morgan fingerprint density at radius 3 is 2.62 bits per heavy atom. The van der Waals surface area contributed by atoms with Crippen molar-refractivity contribution >= 4 is 23.6 Å². The molecule has 0 unspecified atom stereocenters. The number of halogens is 1. The van der Waals surface area contributed by atoms with Crippen LogP contribution in [0.15, 0.2) is 41.4 Å². The number of aromatic carboxylic acids is 1. The van der Waals surface area contributed by atoms with Crippen LogP contribution in [0.3, 0.4) is 0 Å². The summed E-state index contributed by atoms with van der Waals surface area (Å²) < 4.78 is 14.2. The Balaban J connectivity index is 1.80. The van der Waals surface area contributed by atoms with Crippen LogP contribution >= 0.6 is 0 Å². The summed E-state index contributed by atoms with van der Waals surface area (Å²) >= 11 is 0. The number of rotatable bonds is 4. The van der Waals surface area contributed by atoms with Crippen molar-refractivity contribution < 1.29 is 19.4 Å². The number of carboxylic acid groups (broad SMARTS) is 1. The summed E-state index contributed by atoms with van der Waals surface area (Å²) in [5.74, 6) is -2.16. The number of aliphatic imine (C=N–C) groups is 1. The topological polar surface area (TPSA) is 76.0 Å². The number of carboxylic acids is 1. The first-order valence-electron chi connectivity index (χ1n) is 7.67. The van der Waals surface area contributed by atoms with Gasteiger partial charge in [0, 0.05) is 19.3 Å². The fourth-order valence-electron chi connectivity index (χ4n) is 2.73. The normalized spacial score (nSPS) is 14.5. The van der Waals surface area contributed by atoms with Gasteiger partial charge in [0.15, 0.2) is 0 Å². The lowest BCUT2D eigenvalue weighted by Gasteiger charge is -2.18. The quantitative estimate of drug-likeness (QED) is 0.876. The molecular formula is C18H16FN2O3-. The van der Waals surface area contributed by atoms with E-state index in [-0.39, 0.29) is 11.4 Å². The minimum absolute atomic E-state index is 0.304. The Hall–Kier alpha value is -2.89. The summed E-state index contributed by atoms with van der Waals surface area (Å²) in [6.07, 6.45) is 3.59. The van der Waals surface area contributed by atoms with Crippen LogP contribution in [0.4, 0.5) is 15.8 Å². The Morgan fingerprint density at radius 2 is 1.96 bits per heavy atom. The zero-order valence-corrected chi connectivity index (χ0v) is 12.9. The maximum absolute atomic E-state index is 14.2. The lowest BCUT2D eigenvalue weighted by Crippen LogP contribution is -2.18. The second-order valence-corrected chi connectivity index (χ2v) is 5.65. The first-order chi connectivity index (χ1) is 11.5. The van der Waals surface area contributed by atoms with Crippen molar-refractivity contribution in [1.29, 1.82) is 0 Å². The van der Waals surface area contributed by atoms with Gasteiger partial charge in [0.05, 0.1) is 16.9 Å². The molecule has 0 aromatic heterocycles. The van der Waals surface area contributed by atoms with Crippen LogP contribution < -0.4 is 10.0 Å². The molecule has 1 fully saturated rings. The lowest BCUT2D eigenvalue weighted by atomic mass is 10.1. The fourth-order valence-corrected chi connectivity index (χ4v) is 2.73. The van der Waals surface area contributed by atoms with Crippen LogP contribution in [-0.2, 0) is 0 Å². The highest BCUT2D eigenvalue weighted by Crippen LogP contribution is 2.25. The highest BCUT2D eigenvalue weighted by molar-refractivity contribution is 5.92. The molecule has 0 atom stereocenters. The van der Waals surface area contributed by atoms with Gasteiger partial charge in [-0.05, 0) is 42.7 Å². The minimum atomic E-state index is -1.29. The zero-order chi connectivity index (χ0) is 17.1. The fraction of sp³-hybridized carbons (Fsp3) is 0.222. The standard InChI is InChI=1S/C18H17FN2O3/c19-15-9-12(3-5-16(15)21-7-1-2-8-21)11-20-13-4-6-17(22)14(10-13)18(23)24/h3-6,9-11,22H,1-2,7-8H2,(H,23,24)/p-1. The summed E-state index contributed by atoms with van der Waals surface area (Å²) in [5.41, 5.74) is 1.16. The monoisotopic (exact) mass is 327 g/mol. The molecule has 1 saturated heterocycles. The van der Waals surface area contributed by atoms with Gasteiger partial charge in [-0.15, -0.1) is 0 Å². The molecule has 2 aromatic carbocycles. The molecule has 3 rings (SSSR count). The van der Waals surface area contributed by atoms with E-state index in [1.807, 2.05) is 4.90 Å². The van der Waals surface area contributed by atoms with Crippen molar-refractivity contribution in [1.82, 2.24) is 0 Å². The Labute approximate surface area is 138 Å². The van der Waals surface area contributed by atoms with E-state index in [0.29, 0.717) is 16.9 Å². The van der Waals surface area contributed by atoms with Crippen LogP contribution in [0.5, 0.6) is 5.75 Å². The van der Waals surface area contributed by atoms with Gasteiger partial charge in [0.2, 0.25) is 0 Å². The highest BCUT2D eigenvalue weighted by atomic mass is 19.1. The molecule has 1 aliphatic rings. The Bertz CT molecular complexity index is 799. The van der Waals surface area contributed by atoms with Gasteiger partial charge in [0.25, 0.3) is 0 Å². The van der Waals surface area contributed by atoms with Crippen LogP contribution in [-0.4, -0.2) is 30.4 Å². The highest BCUT2D eigenvalue weighted by Gasteiger charge is 2.15. The lowest BCUT2D eigenvalue weighted by molar-refractivity contribution is -0.268. The van der Waals surface area contributed by atoms with Gasteiger partial charge in [-0.25, -0.2) is 9.18 Å². The second-order valence-electron chi connectivity index (χ2n) is 5.65. The summed E-state index contributed by atoms with van der Waals surface area (Å²) in [5, 5.41) is 20.3. The Kier molecular flexibility index (Phi) is 4.46. The van der Waals surface area contributed by atoms with E-state index >= 15 is 0 Å². The van der Waals surface area contributed by atoms with Crippen molar-refractivity contribution in [3.05, 3.63) is 53.3 Å². The van der Waals surface area contributed by atoms with Gasteiger partial charge in [-0.1, -0.05) is 17.9 Å². The molecular weight excluding hydrogens is 311 g/mol. The number of carbonyl (C=O) groups is 1. The van der Waals surface area contributed by atoms with Gasteiger partial charge >= 0.3 is 5.97 Å². The summed E-state index contributed by atoms with van der Waals surface area (Å²) in [7, 11) is 0. The van der Waals surface area contributed by atoms with Crippen LogP contribution in [0.25, 0.3) is 0 Å². The SMILES string of the molecule is O=C(O)c1cc(N=Cc2ccc(N3CCCC3)c(F)c2)ccc1[O-]. The molecule has 124 valence electrons. The van der Waals surface area contributed by atoms with E-state index in [2.05, 4.69) is 4.99 Å². The molecule has 2 aromatic rings. The molecule has 1 heterocycles. The van der Waals surface area contributed by atoms with Crippen LogP contribution in [0.1, 0.15) is 28.8 Å². The smallest absolute Gasteiger partial charge is 0.335 e. The van der Waals surface area contributed by atoms with Crippen molar-refractivity contribution in [3.63, 3.8) is 0 Å². The van der Waals surface area contributed by atoms with Crippen molar-refractivity contribution in [2.24, 2.45) is 4.99 Å². The summed E-state index contributed by atoms with van der Waals surface area (Å²) in [6.45, 7) is 1.73. The third-order valence-electron chi connectivity index (χ3n) is 3.97. The van der Waals surface area contributed by atoms with Gasteiger partial charge in [-0.2, -0.15) is 0 Å². The van der Waals surface area contributed by atoms with E-state index in [4.69, 9.17) is 5.11 Å². The maximum Gasteiger partial charge on any atom is 0.335 e. The molecule has 0 spiro atoms. The number of benzene rings is 2. The van der Waals surface area contributed by atoms with E-state index < -0.39 is 11.7 Å². The molecule has 0 saturated carbocycles. The predicted molar refractivity (Wildman–Crippen MR) is 87.9 cm³/mol. The van der Waals surface area contributed by atoms with Gasteiger partial charge in [-0.3, -0.25) is 4.99 Å². The van der Waals surface area contributed by atoms with Gasteiger partial charge in [0.1, 0.15) is 5.82 Å². The molecule has 0 aliphatic carbocycles. The molecule has 0 amide bonds. The number of anilines is 1. The molecule has 0 radical (unpaired) electrons. The second kappa shape index (κ2) is 6.70. The number of hydrogen-bond donors (Lipinski definition) is 1. The zero-order valence-electron chi connectivity index (χ0n) is 12.9. The first kappa shape index (κ1) is 16.0. The minimum Gasteiger partial charge on any atom is -0.872 e. The van der Waals surface area contributed by atoms with Crippen molar-refractivity contribution in [2.75, 3.05) is 18.0 Å². The molecule has 0 bridgehead atoms. The van der Waals surface area contributed by atoms with Gasteiger partial charge < -0.3 is 15.1 Å². The maximum atomic E-state index is 14.2.